The van der Waals surface area contributed by atoms with Crippen LogP contribution in [0.4, 0.5) is 0 Å². The Balaban J connectivity index is 1.59. The van der Waals surface area contributed by atoms with Crippen LogP contribution in [0.1, 0.15) is 27.2 Å². The van der Waals surface area contributed by atoms with Crippen molar-refractivity contribution in [2.45, 2.75) is 6.92 Å². The van der Waals surface area contributed by atoms with Crippen molar-refractivity contribution in [3.05, 3.63) is 136 Å². The number of H-pyrrole nitrogens is 1. The second-order valence-electron chi connectivity index (χ2n) is 7.88. The molecule has 1 aromatic heterocycles. The average molecular weight is 447 g/mol. The van der Waals surface area contributed by atoms with Crippen molar-refractivity contribution < 1.29 is 4.79 Å². The number of nitrogens with one attached hydrogen (secondary N) is 2. The molecule has 6 nitrogen and oxygen atoms in total. The molecule has 1 heterocycles. The number of nitrogens with zero attached hydrogens (tertiary/aromatic N) is 2. The largest absolute Gasteiger partial charge is 0.295 e. The molecule has 5 rings (SSSR count). The molecule has 0 aliphatic carbocycles. The summed E-state index contributed by atoms with van der Waals surface area (Å²) in [4.78, 5) is 26.5. The Bertz CT molecular complexity index is 1560. The first-order chi connectivity index (χ1) is 16.6. The van der Waals surface area contributed by atoms with E-state index < -0.39 is 0 Å². The van der Waals surface area contributed by atoms with Gasteiger partial charge in [-0.15, -0.1) is 0 Å². The van der Waals surface area contributed by atoms with Crippen molar-refractivity contribution in [1.82, 2.24) is 15.2 Å². The lowest BCUT2D eigenvalue weighted by Gasteiger charge is -2.08. The van der Waals surface area contributed by atoms with E-state index in [0.717, 1.165) is 16.3 Å². The molecule has 0 spiro atoms. The van der Waals surface area contributed by atoms with Gasteiger partial charge in [0, 0.05) is 16.8 Å². The van der Waals surface area contributed by atoms with Gasteiger partial charge in [0.25, 0.3) is 11.5 Å². The number of aromatic nitrogens is 2. The molecular weight excluding hydrogens is 424 g/mol. The van der Waals surface area contributed by atoms with E-state index in [4.69, 9.17) is 0 Å². The zero-order valence-electron chi connectivity index (χ0n) is 18.5. The molecule has 0 fully saturated rings. The normalized spacial score (nSPS) is 11.5. The first-order valence-electron chi connectivity index (χ1n) is 10.9. The first-order valence-corrected chi connectivity index (χ1v) is 10.9. The fourth-order valence-electron chi connectivity index (χ4n) is 4.04. The topological polar surface area (TPSA) is 79.2 Å². The number of aromatic amines is 1. The van der Waals surface area contributed by atoms with Gasteiger partial charge in [-0.25, -0.2) is 10.1 Å². The molecule has 5 aromatic rings. The monoisotopic (exact) mass is 446 g/mol. The minimum atomic E-state index is -0.346. The molecule has 6 heteroatoms. The smallest absolute Gasteiger partial charge is 0.281 e. The number of para-hydroxylation sites is 1. The molecule has 0 unspecified atom stereocenters. The third-order valence-electron chi connectivity index (χ3n) is 5.67. The van der Waals surface area contributed by atoms with Crippen molar-refractivity contribution >= 4 is 22.4 Å². The van der Waals surface area contributed by atoms with Gasteiger partial charge in [0.05, 0.1) is 11.3 Å². The highest BCUT2D eigenvalue weighted by Gasteiger charge is 2.20. The number of fused-ring (bicyclic) bond motifs is 1. The lowest BCUT2D eigenvalue weighted by Crippen LogP contribution is -2.25. The van der Waals surface area contributed by atoms with E-state index in [9.17, 15) is 9.59 Å². The van der Waals surface area contributed by atoms with E-state index >= 15 is 0 Å². The van der Waals surface area contributed by atoms with Crippen molar-refractivity contribution in [1.29, 1.82) is 0 Å². The lowest BCUT2D eigenvalue weighted by atomic mass is 10.0. The van der Waals surface area contributed by atoms with Crippen LogP contribution in [0.25, 0.3) is 16.5 Å². The number of hydrogen-bond donors (Lipinski definition) is 2. The van der Waals surface area contributed by atoms with Crippen molar-refractivity contribution in [3.8, 4) is 5.69 Å². The minimum absolute atomic E-state index is 0.245. The molecule has 4 aromatic carbocycles. The van der Waals surface area contributed by atoms with Gasteiger partial charge < -0.3 is 0 Å². The molecule has 2 N–H and O–H groups in total. The van der Waals surface area contributed by atoms with Crippen LogP contribution in [-0.2, 0) is 0 Å². The molecular formula is C28H22N4O2. The number of carbonyl (C=O) groups is 1. The zero-order valence-corrected chi connectivity index (χ0v) is 18.5. The molecule has 0 atom stereocenters. The van der Waals surface area contributed by atoms with E-state index in [1.165, 1.54) is 4.68 Å². The number of benzene rings is 4. The molecule has 166 valence electrons. The maximum absolute atomic E-state index is 13.4. The molecule has 0 bridgehead atoms. The zero-order chi connectivity index (χ0) is 23.5. The third kappa shape index (κ3) is 3.93. The van der Waals surface area contributed by atoms with Gasteiger partial charge in [-0.1, -0.05) is 84.9 Å². The lowest BCUT2D eigenvalue weighted by molar-refractivity contribution is 0.0956. The number of carbonyl (C=O) groups excluding carboxylic acids is 1. The summed E-state index contributed by atoms with van der Waals surface area (Å²) in [6.45, 7) is 1.82. The second-order valence-corrected chi connectivity index (χ2v) is 7.88. The van der Waals surface area contributed by atoms with Crippen molar-refractivity contribution in [2.24, 2.45) is 5.10 Å². The van der Waals surface area contributed by atoms with E-state index in [2.05, 4.69) is 15.6 Å². The van der Waals surface area contributed by atoms with Crippen LogP contribution in [0.5, 0.6) is 0 Å². The van der Waals surface area contributed by atoms with Crippen LogP contribution in [0.3, 0.4) is 0 Å². The molecule has 0 saturated heterocycles. The van der Waals surface area contributed by atoms with Crippen molar-refractivity contribution in [2.75, 3.05) is 0 Å². The highest BCUT2D eigenvalue weighted by atomic mass is 16.2. The number of hydrazone groups is 1. The standard InChI is InChI=1S/C28H22N4O2/c1-19-25(28(34)32(31-19)22-15-6-3-7-16-22)26(21-12-4-2-5-13-21)29-30-27(33)24-18-10-14-20-11-8-9-17-23(20)24/h2-18,31H,1H3,(H,30,33)/b29-26+. The Kier molecular flexibility index (Phi) is 5.62. The molecule has 0 aliphatic rings. The maximum Gasteiger partial charge on any atom is 0.281 e. The van der Waals surface area contributed by atoms with E-state index in [0.29, 0.717) is 28.2 Å². The van der Waals surface area contributed by atoms with Crippen LogP contribution >= 0.6 is 0 Å². The summed E-state index contributed by atoms with van der Waals surface area (Å²) >= 11 is 0. The number of aryl methyl sites for hydroxylation is 1. The highest BCUT2D eigenvalue weighted by Crippen LogP contribution is 2.19. The summed E-state index contributed by atoms with van der Waals surface area (Å²) in [5, 5.41) is 9.40. The molecule has 1 amide bonds. The summed E-state index contributed by atoms with van der Waals surface area (Å²) < 4.78 is 1.48. The molecule has 0 radical (unpaired) electrons. The number of rotatable bonds is 5. The Hall–Kier alpha value is -4.71. The van der Waals surface area contributed by atoms with Gasteiger partial charge in [0.1, 0.15) is 5.71 Å². The molecule has 0 aliphatic heterocycles. The van der Waals surface area contributed by atoms with Gasteiger partial charge in [-0.05, 0) is 35.9 Å². The summed E-state index contributed by atoms with van der Waals surface area (Å²) in [7, 11) is 0. The first kappa shape index (κ1) is 21.2. The van der Waals surface area contributed by atoms with Crippen LogP contribution in [0.15, 0.2) is 113 Å². The van der Waals surface area contributed by atoms with E-state index in [-0.39, 0.29) is 11.5 Å². The second kappa shape index (κ2) is 9.03. The van der Waals surface area contributed by atoms with Gasteiger partial charge >= 0.3 is 0 Å². The van der Waals surface area contributed by atoms with Gasteiger partial charge in [0.15, 0.2) is 0 Å². The Morgan fingerprint density at radius 2 is 1.47 bits per heavy atom. The minimum Gasteiger partial charge on any atom is -0.295 e. The highest BCUT2D eigenvalue weighted by molar-refractivity contribution is 6.14. The third-order valence-corrected chi connectivity index (χ3v) is 5.67. The predicted octanol–water partition coefficient (Wildman–Crippen LogP) is 4.81. The summed E-state index contributed by atoms with van der Waals surface area (Å²) in [5.74, 6) is -0.346. The number of amides is 1. The van der Waals surface area contributed by atoms with E-state index in [1.54, 1.807) is 6.07 Å². The fourth-order valence-corrected chi connectivity index (χ4v) is 4.04. The molecule has 34 heavy (non-hydrogen) atoms. The quantitative estimate of drug-likeness (QED) is 0.300. The van der Waals surface area contributed by atoms with Crippen molar-refractivity contribution in [3.63, 3.8) is 0 Å². The average Bonchev–Trinajstić information content (AvgIpc) is 3.18. The fraction of sp³-hybridized carbons (Fsp3) is 0.0357. The van der Waals surface area contributed by atoms with Crippen LogP contribution in [0, 0.1) is 6.92 Å². The van der Waals surface area contributed by atoms with Gasteiger partial charge in [0.2, 0.25) is 0 Å². The number of hydrogen-bond acceptors (Lipinski definition) is 3. The Morgan fingerprint density at radius 1 is 0.824 bits per heavy atom. The van der Waals surface area contributed by atoms with Gasteiger partial charge in [-0.2, -0.15) is 5.10 Å². The molecule has 0 saturated carbocycles. The predicted molar refractivity (Wildman–Crippen MR) is 135 cm³/mol. The van der Waals surface area contributed by atoms with E-state index in [1.807, 2.05) is 104 Å². The van der Waals surface area contributed by atoms with Crippen LogP contribution < -0.4 is 11.0 Å². The summed E-state index contributed by atoms with van der Waals surface area (Å²) in [6.07, 6.45) is 0. The summed E-state index contributed by atoms with van der Waals surface area (Å²) in [5.41, 5.74) is 5.83. The van der Waals surface area contributed by atoms with Crippen LogP contribution in [-0.4, -0.2) is 21.4 Å². The summed E-state index contributed by atoms with van der Waals surface area (Å²) in [6, 6.07) is 31.9. The Morgan fingerprint density at radius 3 is 2.24 bits per heavy atom. The maximum atomic E-state index is 13.4. The van der Waals surface area contributed by atoms with Gasteiger partial charge in [-0.3, -0.25) is 14.7 Å². The SMILES string of the molecule is Cc1[nH]n(-c2ccccc2)c(=O)c1/C(=N/NC(=O)c1cccc2ccccc12)c1ccccc1. The Labute approximate surface area is 196 Å². The van der Waals surface area contributed by atoms with Crippen LogP contribution in [0.2, 0.25) is 0 Å².